The van der Waals surface area contributed by atoms with Crippen molar-refractivity contribution in [2.75, 3.05) is 0 Å². The highest BCUT2D eigenvalue weighted by Crippen LogP contribution is 2.13. The van der Waals surface area contributed by atoms with Crippen molar-refractivity contribution in [3.63, 3.8) is 0 Å². The van der Waals surface area contributed by atoms with E-state index in [1.54, 1.807) is 0 Å². The zero-order chi connectivity index (χ0) is 12.8. The van der Waals surface area contributed by atoms with E-state index in [4.69, 9.17) is 11.6 Å². The predicted molar refractivity (Wildman–Crippen MR) is 73.6 cm³/mol. The van der Waals surface area contributed by atoms with Crippen LogP contribution in [-0.2, 0) is 13.5 Å². The van der Waals surface area contributed by atoms with Gasteiger partial charge in [0.1, 0.15) is 0 Å². The first-order valence-electron chi connectivity index (χ1n) is 5.89. The molecule has 0 aliphatic carbocycles. The quantitative estimate of drug-likeness (QED) is 0.788. The number of nitrogens with zero attached hydrogens (tertiary/aromatic N) is 2. The second-order valence-corrected chi connectivity index (χ2v) is 4.14. The van der Waals surface area contributed by atoms with Gasteiger partial charge in [-0.3, -0.25) is 4.68 Å². The van der Waals surface area contributed by atoms with Gasteiger partial charge in [0.25, 0.3) is 0 Å². The van der Waals surface area contributed by atoms with Crippen LogP contribution < -0.4 is 0 Å². The van der Waals surface area contributed by atoms with Crippen LogP contribution in [0.2, 0.25) is 5.02 Å². The molecule has 0 fully saturated rings. The van der Waals surface area contributed by atoms with Crippen molar-refractivity contribution in [3.8, 4) is 0 Å². The van der Waals surface area contributed by atoms with Crippen LogP contribution in [0.3, 0.4) is 0 Å². The SMILES string of the molecule is CC.Cc1cc(Cc2ccc(Cl)cc2)nn1C. The molecule has 0 aliphatic heterocycles. The summed E-state index contributed by atoms with van der Waals surface area (Å²) >= 11 is 5.82. The molecule has 0 radical (unpaired) electrons. The molecule has 0 saturated heterocycles. The van der Waals surface area contributed by atoms with E-state index in [1.165, 1.54) is 11.3 Å². The normalized spacial score (nSPS) is 9.71. The van der Waals surface area contributed by atoms with E-state index >= 15 is 0 Å². The molecule has 0 N–H and O–H groups in total. The van der Waals surface area contributed by atoms with E-state index in [0.29, 0.717) is 0 Å². The fraction of sp³-hybridized carbons (Fsp3) is 0.357. The van der Waals surface area contributed by atoms with Crippen LogP contribution in [0, 0.1) is 6.92 Å². The minimum absolute atomic E-state index is 0.774. The first kappa shape index (κ1) is 13.8. The highest BCUT2D eigenvalue weighted by molar-refractivity contribution is 6.30. The fourth-order valence-electron chi connectivity index (χ4n) is 1.53. The molecule has 0 aliphatic rings. The molecule has 2 nitrogen and oxygen atoms in total. The van der Waals surface area contributed by atoms with Crippen LogP contribution in [-0.4, -0.2) is 9.78 Å². The molecule has 92 valence electrons. The van der Waals surface area contributed by atoms with Gasteiger partial charge in [0.15, 0.2) is 0 Å². The van der Waals surface area contributed by atoms with Gasteiger partial charge in [-0.2, -0.15) is 5.10 Å². The Bertz CT molecular complexity index is 438. The molecule has 0 bridgehead atoms. The van der Waals surface area contributed by atoms with Crippen molar-refractivity contribution < 1.29 is 0 Å². The van der Waals surface area contributed by atoms with Gasteiger partial charge in [0, 0.05) is 24.2 Å². The van der Waals surface area contributed by atoms with Crippen LogP contribution in [0.1, 0.15) is 30.8 Å². The van der Waals surface area contributed by atoms with Crippen LogP contribution in [0.5, 0.6) is 0 Å². The Kier molecular flexibility index (Phi) is 5.23. The van der Waals surface area contributed by atoms with Gasteiger partial charge in [-0.25, -0.2) is 0 Å². The Morgan fingerprint density at radius 1 is 1.18 bits per heavy atom. The van der Waals surface area contributed by atoms with Crippen molar-refractivity contribution in [1.82, 2.24) is 9.78 Å². The monoisotopic (exact) mass is 250 g/mol. The van der Waals surface area contributed by atoms with Crippen LogP contribution >= 0.6 is 11.6 Å². The minimum Gasteiger partial charge on any atom is -0.273 e. The molecule has 0 atom stereocenters. The zero-order valence-electron chi connectivity index (χ0n) is 10.9. The van der Waals surface area contributed by atoms with Gasteiger partial charge in [0.05, 0.1) is 5.69 Å². The lowest BCUT2D eigenvalue weighted by Gasteiger charge is -1.97. The zero-order valence-corrected chi connectivity index (χ0v) is 11.6. The van der Waals surface area contributed by atoms with Crippen molar-refractivity contribution in [2.45, 2.75) is 27.2 Å². The van der Waals surface area contributed by atoms with Gasteiger partial charge < -0.3 is 0 Å². The van der Waals surface area contributed by atoms with Crippen molar-refractivity contribution in [1.29, 1.82) is 0 Å². The summed E-state index contributed by atoms with van der Waals surface area (Å²) < 4.78 is 1.89. The molecule has 1 aromatic carbocycles. The summed E-state index contributed by atoms with van der Waals surface area (Å²) in [6.45, 7) is 6.05. The topological polar surface area (TPSA) is 17.8 Å². The molecule has 0 amide bonds. The third-order valence-electron chi connectivity index (χ3n) is 2.46. The van der Waals surface area contributed by atoms with Crippen molar-refractivity contribution >= 4 is 11.6 Å². The van der Waals surface area contributed by atoms with E-state index in [1.807, 2.05) is 49.8 Å². The Morgan fingerprint density at radius 2 is 1.76 bits per heavy atom. The maximum Gasteiger partial charge on any atom is 0.0671 e. The Hall–Kier alpha value is -1.28. The summed E-state index contributed by atoms with van der Waals surface area (Å²) in [6.07, 6.45) is 0.860. The molecule has 2 rings (SSSR count). The molecule has 17 heavy (non-hydrogen) atoms. The van der Waals surface area contributed by atoms with Gasteiger partial charge in [-0.05, 0) is 30.7 Å². The van der Waals surface area contributed by atoms with Crippen LogP contribution in [0.15, 0.2) is 30.3 Å². The summed E-state index contributed by atoms with van der Waals surface area (Å²) in [5.41, 5.74) is 3.51. The lowest BCUT2D eigenvalue weighted by atomic mass is 10.1. The molecule has 0 spiro atoms. The highest BCUT2D eigenvalue weighted by atomic mass is 35.5. The number of rotatable bonds is 2. The summed E-state index contributed by atoms with van der Waals surface area (Å²) in [5.74, 6) is 0. The molecule has 0 saturated carbocycles. The average Bonchev–Trinajstić information content (AvgIpc) is 2.64. The lowest BCUT2D eigenvalue weighted by Crippen LogP contribution is -1.94. The van der Waals surface area contributed by atoms with Gasteiger partial charge in [0.2, 0.25) is 0 Å². The Labute approximate surface area is 108 Å². The van der Waals surface area contributed by atoms with Gasteiger partial charge >= 0.3 is 0 Å². The molecular weight excluding hydrogens is 232 g/mol. The summed E-state index contributed by atoms with van der Waals surface area (Å²) in [6, 6.07) is 9.99. The van der Waals surface area contributed by atoms with Crippen molar-refractivity contribution in [3.05, 3.63) is 52.3 Å². The molecule has 3 heteroatoms. The van der Waals surface area contributed by atoms with E-state index in [0.717, 1.165) is 17.1 Å². The number of aryl methyl sites for hydroxylation is 2. The molecule has 0 unspecified atom stereocenters. The van der Waals surface area contributed by atoms with Gasteiger partial charge in [-0.15, -0.1) is 0 Å². The maximum atomic E-state index is 5.82. The third-order valence-corrected chi connectivity index (χ3v) is 2.71. The Balaban J connectivity index is 0.000000686. The standard InChI is InChI=1S/C12H13ClN2.C2H6/c1-9-7-12(14-15(9)2)8-10-3-5-11(13)6-4-10;1-2/h3-7H,8H2,1-2H3;1-2H3. The van der Waals surface area contributed by atoms with Crippen LogP contribution in [0.4, 0.5) is 0 Å². The lowest BCUT2D eigenvalue weighted by molar-refractivity contribution is 0.725. The Morgan fingerprint density at radius 3 is 2.24 bits per heavy atom. The first-order chi connectivity index (χ1) is 8.15. The predicted octanol–water partition coefficient (Wildman–Crippen LogP) is 4.00. The van der Waals surface area contributed by atoms with E-state index < -0.39 is 0 Å². The van der Waals surface area contributed by atoms with Gasteiger partial charge in [-0.1, -0.05) is 37.6 Å². The number of benzene rings is 1. The maximum absolute atomic E-state index is 5.82. The molecule has 1 heterocycles. The number of hydrogen-bond donors (Lipinski definition) is 0. The first-order valence-corrected chi connectivity index (χ1v) is 6.27. The number of hydrogen-bond acceptors (Lipinski definition) is 1. The second-order valence-electron chi connectivity index (χ2n) is 3.70. The largest absolute Gasteiger partial charge is 0.273 e. The van der Waals surface area contributed by atoms with Crippen molar-refractivity contribution in [2.24, 2.45) is 7.05 Å². The number of aromatic nitrogens is 2. The second kappa shape index (κ2) is 6.45. The molecular formula is C14H19ClN2. The average molecular weight is 251 g/mol. The summed E-state index contributed by atoms with van der Waals surface area (Å²) in [4.78, 5) is 0. The fourth-order valence-corrected chi connectivity index (χ4v) is 1.66. The number of halogens is 1. The molecule has 2 aromatic rings. The third kappa shape index (κ3) is 3.90. The summed E-state index contributed by atoms with van der Waals surface area (Å²) in [7, 11) is 1.96. The van der Waals surface area contributed by atoms with E-state index in [2.05, 4.69) is 18.1 Å². The smallest absolute Gasteiger partial charge is 0.0671 e. The van der Waals surface area contributed by atoms with Crippen LogP contribution in [0.25, 0.3) is 0 Å². The minimum atomic E-state index is 0.774. The van der Waals surface area contributed by atoms with E-state index in [9.17, 15) is 0 Å². The van der Waals surface area contributed by atoms with E-state index in [-0.39, 0.29) is 0 Å². The summed E-state index contributed by atoms with van der Waals surface area (Å²) in [5, 5.41) is 5.19. The highest BCUT2D eigenvalue weighted by Gasteiger charge is 2.02. The molecule has 1 aromatic heterocycles.